The van der Waals surface area contributed by atoms with Crippen LogP contribution in [-0.2, 0) is 12.8 Å². The summed E-state index contributed by atoms with van der Waals surface area (Å²) in [6.07, 6.45) is 2.02. The summed E-state index contributed by atoms with van der Waals surface area (Å²) in [5.41, 5.74) is 2.72. The number of halogens is 1. The number of rotatable bonds is 2. The first-order valence-corrected chi connectivity index (χ1v) is 3.74. The van der Waals surface area contributed by atoms with Crippen molar-refractivity contribution in [3.05, 3.63) is 42.3 Å². The molecule has 62 valence electrons. The minimum Gasteiger partial charge on any atom is -1.00 e. The molecule has 0 N–H and O–H groups in total. The van der Waals surface area contributed by atoms with Gasteiger partial charge in [-0.05, 0) is 12.0 Å². The molecule has 1 aromatic rings. The molecule has 0 spiro atoms. The van der Waals surface area contributed by atoms with Gasteiger partial charge in [0.1, 0.15) is 0 Å². The number of aryl methyl sites for hydroxylation is 1. The third-order valence-corrected chi connectivity index (χ3v) is 1.72. The molecule has 0 aliphatic heterocycles. The zero-order chi connectivity index (χ0) is 7.40. The molecule has 0 amide bonds. The molecule has 1 rings (SSSR count). The van der Waals surface area contributed by atoms with E-state index in [4.69, 9.17) is 0 Å². The third kappa shape index (κ3) is 4.48. The van der Waals surface area contributed by atoms with Crippen molar-refractivity contribution in [2.45, 2.75) is 19.8 Å². The Morgan fingerprint density at radius 2 is 1.50 bits per heavy atom. The minimum absolute atomic E-state index is 0. The molecule has 0 aromatic heterocycles. The molecule has 0 fully saturated rings. The summed E-state index contributed by atoms with van der Waals surface area (Å²) in [6, 6.07) is 8.62. The molecule has 0 nitrogen and oxygen atoms in total. The Morgan fingerprint density at radius 3 is 1.83 bits per heavy atom. The summed E-state index contributed by atoms with van der Waals surface area (Å²) in [7, 11) is 0. The molecule has 0 heterocycles. The van der Waals surface area contributed by atoms with Crippen molar-refractivity contribution in [3.63, 3.8) is 0 Å². The van der Waals surface area contributed by atoms with Crippen molar-refractivity contribution in [1.29, 1.82) is 0 Å². The summed E-state index contributed by atoms with van der Waals surface area (Å²) in [5.74, 6) is 0. The van der Waals surface area contributed by atoms with Crippen molar-refractivity contribution in [1.82, 2.24) is 0 Å². The van der Waals surface area contributed by atoms with Gasteiger partial charge in [0.05, 0.1) is 0 Å². The Balaban J connectivity index is 0. The first kappa shape index (κ1) is 15.0. The van der Waals surface area contributed by atoms with E-state index in [1.54, 1.807) is 0 Å². The minimum atomic E-state index is 0. The second kappa shape index (κ2) is 8.08. The predicted octanol–water partition coefficient (Wildman–Crippen LogP) is -0.751. The maximum Gasteiger partial charge on any atom is 2.00 e. The maximum absolute atomic E-state index is 3.81. The van der Waals surface area contributed by atoms with Crippen LogP contribution < -0.4 is 17.0 Å². The van der Waals surface area contributed by atoms with E-state index in [1.807, 2.05) is 0 Å². The van der Waals surface area contributed by atoms with Gasteiger partial charge in [0, 0.05) is 0 Å². The molecule has 2 heteroatoms. The molecular formula is C10H13BrMg. The Hall–Kier alpha value is 0.466. The van der Waals surface area contributed by atoms with Crippen molar-refractivity contribution in [2.24, 2.45) is 0 Å². The van der Waals surface area contributed by atoms with E-state index >= 15 is 0 Å². The largest absolute Gasteiger partial charge is 2.00 e. The van der Waals surface area contributed by atoms with Crippen molar-refractivity contribution in [3.8, 4) is 0 Å². The maximum atomic E-state index is 3.81. The average molecular weight is 237 g/mol. The zero-order valence-electron chi connectivity index (χ0n) is 7.52. The quantitative estimate of drug-likeness (QED) is 0.469. The molecule has 0 saturated carbocycles. The van der Waals surface area contributed by atoms with Gasteiger partial charge in [0.25, 0.3) is 0 Å². The van der Waals surface area contributed by atoms with Gasteiger partial charge in [-0.1, -0.05) is 36.8 Å². The first-order chi connectivity index (χ1) is 4.86. The summed E-state index contributed by atoms with van der Waals surface area (Å²) in [5, 5.41) is 0. The van der Waals surface area contributed by atoms with Crippen molar-refractivity contribution >= 4 is 23.1 Å². The van der Waals surface area contributed by atoms with E-state index in [0.717, 1.165) is 12.8 Å². The second-order valence-corrected chi connectivity index (χ2v) is 2.42. The van der Waals surface area contributed by atoms with Gasteiger partial charge in [-0.3, -0.25) is 0 Å². The first-order valence-electron chi connectivity index (χ1n) is 3.74. The Bertz CT molecular complexity index is 170. The van der Waals surface area contributed by atoms with Crippen LogP contribution >= 0.6 is 0 Å². The molecule has 0 unspecified atom stereocenters. The van der Waals surface area contributed by atoms with Gasteiger partial charge >= 0.3 is 23.1 Å². The second-order valence-electron chi connectivity index (χ2n) is 2.42. The van der Waals surface area contributed by atoms with Crippen LogP contribution in [0.1, 0.15) is 18.1 Å². The topological polar surface area (TPSA) is 0 Å². The van der Waals surface area contributed by atoms with Crippen LogP contribution in [0.2, 0.25) is 0 Å². The van der Waals surface area contributed by atoms with Crippen molar-refractivity contribution in [2.75, 3.05) is 0 Å². The molecule has 0 bridgehead atoms. The van der Waals surface area contributed by atoms with Crippen LogP contribution in [0.25, 0.3) is 0 Å². The van der Waals surface area contributed by atoms with Crippen LogP contribution in [0.15, 0.2) is 24.3 Å². The molecular weight excluding hydrogens is 224 g/mol. The van der Waals surface area contributed by atoms with Gasteiger partial charge in [-0.25, -0.2) is 0 Å². The van der Waals surface area contributed by atoms with E-state index < -0.39 is 0 Å². The average Bonchev–Trinajstić information content (AvgIpc) is 2.05. The summed E-state index contributed by atoms with van der Waals surface area (Å²) in [4.78, 5) is 0. The summed E-state index contributed by atoms with van der Waals surface area (Å²) < 4.78 is 0. The molecule has 0 saturated heterocycles. The van der Waals surface area contributed by atoms with Gasteiger partial charge in [0.2, 0.25) is 0 Å². The number of hydrogen-bond donors (Lipinski definition) is 0. The van der Waals surface area contributed by atoms with E-state index in [0.29, 0.717) is 0 Å². The molecule has 0 radical (unpaired) electrons. The molecule has 0 aliphatic rings. The Morgan fingerprint density at radius 1 is 1.08 bits per heavy atom. The smallest absolute Gasteiger partial charge is 1.00 e. The van der Waals surface area contributed by atoms with Gasteiger partial charge in [0.15, 0.2) is 0 Å². The van der Waals surface area contributed by atoms with E-state index in [-0.39, 0.29) is 40.0 Å². The SMILES string of the molecule is [Br-].[CH2-]Cc1ccc(CC)cc1.[Mg+2]. The van der Waals surface area contributed by atoms with Crippen LogP contribution in [0, 0.1) is 6.92 Å². The molecule has 1 aromatic carbocycles. The van der Waals surface area contributed by atoms with E-state index in [9.17, 15) is 0 Å². The standard InChI is InChI=1S/C10H13.BrH.Mg/c1-3-9-5-7-10(4-2)8-6-9;;/h5-8H,1,3-4H2,2H3;1H;/q-1;;+2/p-1. The van der Waals surface area contributed by atoms with Gasteiger partial charge in [-0.15, -0.1) is 0 Å². The monoisotopic (exact) mass is 236 g/mol. The van der Waals surface area contributed by atoms with Gasteiger partial charge in [-0.2, -0.15) is 6.42 Å². The van der Waals surface area contributed by atoms with E-state index in [2.05, 4.69) is 38.1 Å². The van der Waals surface area contributed by atoms with Crippen LogP contribution in [0.5, 0.6) is 0 Å². The Labute approximate surface area is 102 Å². The fraction of sp³-hybridized carbons (Fsp3) is 0.300. The van der Waals surface area contributed by atoms with Crippen LogP contribution in [0.4, 0.5) is 0 Å². The third-order valence-electron chi connectivity index (χ3n) is 1.72. The summed E-state index contributed by atoms with van der Waals surface area (Å²) >= 11 is 0. The Kier molecular flexibility index (Phi) is 10.1. The normalized spacial score (nSPS) is 8.17. The molecule has 0 atom stereocenters. The van der Waals surface area contributed by atoms with Crippen LogP contribution in [0.3, 0.4) is 0 Å². The summed E-state index contributed by atoms with van der Waals surface area (Å²) in [6.45, 7) is 5.98. The van der Waals surface area contributed by atoms with E-state index in [1.165, 1.54) is 11.1 Å². The van der Waals surface area contributed by atoms with Gasteiger partial charge < -0.3 is 23.9 Å². The van der Waals surface area contributed by atoms with Crippen LogP contribution in [-0.4, -0.2) is 23.1 Å². The zero-order valence-corrected chi connectivity index (χ0v) is 10.5. The fourth-order valence-electron chi connectivity index (χ4n) is 0.942. The predicted molar refractivity (Wildman–Crippen MR) is 50.6 cm³/mol. The number of hydrogen-bond acceptors (Lipinski definition) is 0. The fourth-order valence-corrected chi connectivity index (χ4v) is 0.942. The molecule has 0 aliphatic carbocycles. The number of benzene rings is 1. The molecule has 12 heavy (non-hydrogen) atoms. The van der Waals surface area contributed by atoms with Crippen molar-refractivity contribution < 1.29 is 17.0 Å².